The third kappa shape index (κ3) is 2.82. The molecule has 5 rings (SSSR count). The van der Waals surface area contributed by atoms with Crippen LogP contribution < -0.4 is 0 Å². The topological polar surface area (TPSA) is 53.5 Å². The maximum Gasteiger partial charge on any atom is 0.256 e. The molecular weight excluding hydrogens is 418 g/mol. The lowest BCUT2D eigenvalue weighted by Crippen LogP contribution is -2.52. The summed E-state index contributed by atoms with van der Waals surface area (Å²) in [6.45, 7) is 0.959. The van der Waals surface area contributed by atoms with E-state index in [0.717, 1.165) is 16.2 Å². The molecule has 2 aromatic carbocycles. The van der Waals surface area contributed by atoms with Crippen LogP contribution in [-0.2, 0) is 10.5 Å². The minimum Gasteiger partial charge on any atom is -0.309 e. The molecule has 2 aliphatic rings. The van der Waals surface area contributed by atoms with Crippen molar-refractivity contribution in [3.05, 3.63) is 94.6 Å². The first kappa shape index (κ1) is 19.2. The third-order valence-corrected chi connectivity index (χ3v) is 6.82. The van der Waals surface area contributed by atoms with Crippen molar-refractivity contribution in [3.63, 3.8) is 0 Å². The highest BCUT2D eigenvalue weighted by atomic mass is 35.5. The zero-order chi connectivity index (χ0) is 20.7. The van der Waals surface area contributed by atoms with Crippen molar-refractivity contribution in [2.45, 2.75) is 10.7 Å². The average molecular weight is 436 g/mol. The summed E-state index contributed by atoms with van der Waals surface area (Å²) < 4.78 is 0. The van der Waals surface area contributed by atoms with Crippen LogP contribution in [0.3, 0.4) is 0 Å². The maximum absolute atomic E-state index is 13.4. The molecule has 2 amide bonds. The van der Waals surface area contributed by atoms with Crippen LogP contribution >= 0.6 is 23.4 Å². The molecule has 1 atom stereocenters. The number of carbonyl (C=O) groups excluding carboxylic acids is 2. The van der Waals surface area contributed by atoms with Gasteiger partial charge in [0.05, 0.1) is 10.8 Å². The number of benzene rings is 2. The number of pyridine rings is 1. The summed E-state index contributed by atoms with van der Waals surface area (Å²) in [5.74, 6) is 0.164. The SMILES string of the molecule is O=C(CSc1ccccn1)N1CCN2C(=O)c3ccccc3C12c1ccc(Cl)cc1. The van der Waals surface area contributed by atoms with Crippen LogP contribution in [0, 0.1) is 0 Å². The second-order valence-corrected chi connectivity index (χ2v) is 8.62. The Balaban J connectivity index is 1.58. The van der Waals surface area contributed by atoms with Gasteiger partial charge in [-0.1, -0.05) is 59.8 Å². The van der Waals surface area contributed by atoms with Gasteiger partial charge in [-0.25, -0.2) is 4.98 Å². The van der Waals surface area contributed by atoms with Crippen molar-refractivity contribution in [2.24, 2.45) is 0 Å². The number of nitrogens with zero attached hydrogens (tertiary/aromatic N) is 3. The van der Waals surface area contributed by atoms with E-state index >= 15 is 0 Å². The molecule has 7 heteroatoms. The van der Waals surface area contributed by atoms with Crippen molar-refractivity contribution >= 4 is 35.2 Å². The summed E-state index contributed by atoms with van der Waals surface area (Å²) >= 11 is 7.53. The molecule has 2 aliphatic heterocycles. The first-order chi connectivity index (χ1) is 14.6. The predicted molar refractivity (Wildman–Crippen MR) is 116 cm³/mol. The molecule has 1 fully saturated rings. The number of aromatic nitrogens is 1. The van der Waals surface area contributed by atoms with Crippen LogP contribution in [0.4, 0.5) is 0 Å². The van der Waals surface area contributed by atoms with E-state index in [9.17, 15) is 9.59 Å². The van der Waals surface area contributed by atoms with Crippen molar-refractivity contribution in [1.29, 1.82) is 0 Å². The predicted octanol–water partition coefficient (Wildman–Crippen LogP) is 4.03. The second-order valence-electron chi connectivity index (χ2n) is 7.18. The first-order valence-electron chi connectivity index (χ1n) is 9.64. The summed E-state index contributed by atoms with van der Waals surface area (Å²) in [5.41, 5.74) is 1.40. The molecule has 5 nitrogen and oxygen atoms in total. The number of carbonyl (C=O) groups is 2. The Hall–Kier alpha value is -2.83. The Morgan fingerprint density at radius 3 is 2.57 bits per heavy atom. The fourth-order valence-corrected chi connectivity index (χ4v) is 5.29. The quantitative estimate of drug-likeness (QED) is 0.581. The number of fused-ring (bicyclic) bond motifs is 3. The van der Waals surface area contributed by atoms with Crippen LogP contribution in [0.25, 0.3) is 0 Å². The van der Waals surface area contributed by atoms with Crippen molar-refractivity contribution in [3.8, 4) is 0 Å². The van der Waals surface area contributed by atoms with Gasteiger partial charge in [0.15, 0.2) is 5.66 Å². The zero-order valence-electron chi connectivity index (χ0n) is 16.0. The van der Waals surface area contributed by atoms with E-state index in [0.29, 0.717) is 23.7 Å². The summed E-state index contributed by atoms with van der Waals surface area (Å²) in [5, 5.41) is 1.41. The van der Waals surface area contributed by atoms with Crippen molar-refractivity contribution in [1.82, 2.24) is 14.8 Å². The van der Waals surface area contributed by atoms with Gasteiger partial charge in [0.1, 0.15) is 0 Å². The van der Waals surface area contributed by atoms with Crippen molar-refractivity contribution in [2.75, 3.05) is 18.8 Å². The minimum absolute atomic E-state index is 0.0346. The van der Waals surface area contributed by atoms with Gasteiger partial charge in [0.25, 0.3) is 5.91 Å². The van der Waals surface area contributed by atoms with Gasteiger partial charge in [0.2, 0.25) is 5.91 Å². The lowest BCUT2D eigenvalue weighted by atomic mass is 9.90. The van der Waals surface area contributed by atoms with E-state index < -0.39 is 5.66 Å². The molecule has 150 valence electrons. The van der Waals surface area contributed by atoms with Crippen LogP contribution in [0.15, 0.2) is 78.0 Å². The number of thioether (sulfide) groups is 1. The summed E-state index contributed by atoms with van der Waals surface area (Å²) in [6, 6.07) is 20.6. The van der Waals surface area contributed by atoms with Gasteiger partial charge >= 0.3 is 0 Å². The molecule has 0 bridgehead atoms. The summed E-state index contributed by atoms with van der Waals surface area (Å²) in [4.78, 5) is 34.6. The Bertz CT molecular complexity index is 1120. The molecule has 1 saturated heterocycles. The standard InChI is InChI=1S/C23H18ClN3O2S/c24-17-10-8-16(9-11-17)23-19-6-2-1-5-18(19)22(29)27(23)14-13-26(23)21(28)15-30-20-7-3-4-12-25-20/h1-12H,13-15H2. The maximum atomic E-state index is 13.4. The van der Waals surface area contributed by atoms with Gasteiger partial charge in [-0.2, -0.15) is 0 Å². The van der Waals surface area contributed by atoms with Crippen LogP contribution in [0.2, 0.25) is 5.02 Å². The molecule has 1 unspecified atom stereocenters. The summed E-state index contributed by atoms with van der Waals surface area (Å²) in [7, 11) is 0. The second kappa shape index (κ2) is 7.45. The van der Waals surface area contributed by atoms with Crippen LogP contribution in [-0.4, -0.2) is 45.4 Å². The molecule has 3 heterocycles. The average Bonchev–Trinajstić information content (AvgIpc) is 3.29. The molecule has 30 heavy (non-hydrogen) atoms. The van der Waals surface area contributed by atoms with E-state index in [1.165, 1.54) is 11.8 Å². The Morgan fingerprint density at radius 1 is 1.03 bits per heavy atom. The molecule has 3 aromatic rings. The molecule has 0 N–H and O–H groups in total. The van der Waals surface area contributed by atoms with Gasteiger partial charge in [-0.3, -0.25) is 9.59 Å². The molecule has 0 radical (unpaired) electrons. The Labute approximate surface area is 183 Å². The van der Waals surface area contributed by atoms with Gasteiger partial charge < -0.3 is 9.80 Å². The van der Waals surface area contributed by atoms with E-state index in [2.05, 4.69) is 4.98 Å². The molecule has 1 aromatic heterocycles. The highest BCUT2D eigenvalue weighted by molar-refractivity contribution is 7.99. The molecular formula is C23H18ClN3O2S. The minimum atomic E-state index is -0.944. The van der Waals surface area contributed by atoms with E-state index in [4.69, 9.17) is 11.6 Å². The smallest absolute Gasteiger partial charge is 0.256 e. The Morgan fingerprint density at radius 2 is 1.80 bits per heavy atom. The van der Waals surface area contributed by atoms with Gasteiger partial charge in [-0.05, 0) is 30.3 Å². The number of halogens is 1. The zero-order valence-corrected chi connectivity index (χ0v) is 17.6. The fourth-order valence-electron chi connectivity index (χ4n) is 4.43. The lowest BCUT2D eigenvalue weighted by molar-refractivity contribution is -0.133. The van der Waals surface area contributed by atoms with E-state index in [-0.39, 0.29) is 17.6 Å². The van der Waals surface area contributed by atoms with Gasteiger partial charge in [0, 0.05) is 41.0 Å². The monoisotopic (exact) mass is 435 g/mol. The normalized spacial score (nSPS) is 19.7. The Kier molecular flexibility index (Phi) is 4.76. The van der Waals surface area contributed by atoms with Crippen molar-refractivity contribution < 1.29 is 9.59 Å². The van der Waals surface area contributed by atoms with Crippen LogP contribution in [0.1, 0.15) is 21.5 Å². The number of rotatable bonds is 4. The molecule has 0 aliphatic carbocycles. The molecule has 0 spiro atoms. The fraction of sp³-hybridized carbons (Fsp3) is 0.174. The highest BCUT2D eigenvalue weighted by Gasteiger charge is 2.59. The van der Waals surface area contributed by atoms with Gasteiger partial charge in [-0.15, -0.1) is 0 Å². The summed E-state index contributed by atoms with van der Waals surface area (Å²) in [6.07, 6.45) is 1.71. The number of amides is 2. The first-order valence-corrected chi connectivity index (χ1v) is 11.0. The van der Waals surface area contributed by atoms with Crippen LogP contribution in [0.5, 0.6) is 0 Å². The molecule has 0 saturated carbocycles. The highest BCUT2D eigenvalue weighted by Crippen LogP contribution is 2.49. The van der Waals surface area contributed by atoms with E-state index in [1.54, 1.807) is 18.3 Å². The largest absolute Gasteiger partial charge is 0.309 e. The number of hydrogen-bond donors (Lipinski definition) is 0. The lowest BCUT2D eigenvalue weighted by Gasteiger charge is -2.40. The number of hydrogen-bond acceptors (Lipinski definition) is 4. The third-order valence-electron chi connectivity index (χ3n) is 5.64. The van der Waals surface area contributed by atoms with E-state index in [1.807, 2.05) is 64.4 Å².